The minimum atomic E-state index is -0.935. The van der Waals surface area contributed by atoms with Crippen molar-refractivity contribution in [2.45, 2.75) is 90.6 Å². The first kappa shape index (κ1) is 32.6. The van der Waals surface area contributed by atoms with Crippen LogP contribution in [-0.2, 0) is 30.4 Å². The highest BCUT2D eigenvalue weighted by molar-refractivity contribution is 5.92. The van der Waals surface area contributed by atoms with Gasteiger partial charge in [-0.2, -0.15) is 0 Å². The summed E-state index contributed by atoms with van der Waals surface area (Å²) in [5.74, 6) is -2.10. The molecule has 0 saturated carbocycles. The molecule has 0 spiro atoms. The highest BCUT2D eigenvalue weighted by Crippen LogP contribution is 2.08. The maximum atomic E-state index is 12.7. The van der Waals surface area contributed by atoms with Crippen LogP contribution in [0.15, 0.2) is 30.3 Å². The first-order valence-electron chi connectivity index (χ1n) is 13.6. The van der Waals surface area contributed by atoms with Crippen molar-refractivity contribution in [1.29, 1.82) is 0 Å². The van der Waals surface area contributed by atoms with Gasteiger partial charge in [-0.3, -0.25) is 24.0 Å². The van der Waals surface area contributed by atoms with Crippen LogP contribution in [-0.4, -0.2) is 61.3 Å². The van der Waals surface area contributed by atoms with Crippen molar-refractivity contribution < 1.29 is 24.0 Å². The van der Waals surface area contributed by atoms with E-state index in [0.29, 0.717) is 6.42 Å². The summed E-state index contributed by atoms with van der Waals surface area (Å²) in [4.78, 5) is 61.1. The fraction of sp³-hybridized carbons (Fsp3) is 0.607. The molecule has 0 fully saturated rings. The van der Waals surface area contributed by atoms with Crippen LogP contribution in [0.1, 0.15) is 77.7 Å². The van der Waals surface area contributed by atoms with E-state index in [9.17, 15) is 24.0 Å². The lowest BCUT2D eigenvalue weighted by Gasteiger charge is -2.19. The summed E-state index contributed by atoms with van der Waals surface area (Å²) in [5.41, 5.74) is 0.826. The molecule has 0 saturated heterocycles. The third kappa shape index (κ3) is 16.3. The van der Waals surface area contributed by atoms with Gasteiger partial charge in [-0.1, -0.05) is 75.8 Å². The van der Waals surface area contributed by atoms with E-state index in [0.717, 1.165) is 24.8 Å². The number of benzene rings is 1. The summed E-state index contributed by atoms with van der Waals surface area (Å²) < 4.78 is 0. The van der Waals surface area contributed by atoms with Crippen molar-refractivity contribution in [3.05, 3.63) is 35.9 Å². The summed E-state index contributed by atoms with van der Waals surface area (Å²) >= 11 is 0. The number of carbonyl (C=O) groups excluding carboxylic acids is 5. The van der Waals surface area contributed by atoms with E-state index in [-0.39, 0.29) is 43.9 Å². The fourth-order valence-electron chi connectivity index (χ4n) is 3.72. The van der Waals surface area contributed by atoms with Crippen LogP contribution in [0, 0.1) is 0 Å². The van der Waals surface area contributed by atoms with Crippen molar-refractivity contribution in [1.82, 2.24) is 26.6 Å². The monoisotopic (exact) mass is 531 g/mol. The number of carbonyl (C=O) groups is 5. The van der Waals surface area contributed by atoms with E-state index in [1.807, 2.05) is 44.2 Å². The Morgan fingerprint density at radius 3 is 1.87 bits per heavy atom. The minimum Gasteiger partial charge on any atom is -0.352 e. The molecule has 5 amide bonds. The number of amides is 5. The average Bonchev–Trinajstić information content (AvgIpc) is 2.88. The van der Waals surface area contributed by atoms with Gasteiger partial charge in [-0.25, -0.2) is 0 Å². The lowest BCUT2D eigenvalue weighted by molar-refractivity contribution is -0.131. The van der Waals surface area contributed by atoms with E-state index in [1.165, 1.54) is 25.7 Å². The smallest absolute Gasteiger partial charge is 0.243 e. The summed E-state index contributed by atoms with van der Waals surface area (Å²) in [6.45, 7) is 5.02. The van der Waals surface area contributed by atoms with Crippen LogP contribution >= 0.6 is 0 Å². The van der Waals surface area contributed by atoms with Gasteiger partial charge in [0, 0.05) is 18.9 Å². The molecule has 0 bridgehead atoms. The lowest BCUT2D eigenvalue weighted by Crippen LogP contribution is -2.52. The first-order chi connectivity index (χ1) is 18.2. The van der Waals surface area contributed by atoms with Crippen LogP contribution in [0.2, 0.25) is 0 Å². The van der Waals surface area contributed by atoms with Gasteiger partial charge in [0.05, 0.1) is 19.6 Å². The number of nitrogens with one attached hydrogen (secondary N) is 5. The first-order valence-corrected chi connectivity index (χ1v) is 13.6. The molecule has 38 heavy (non-hydrogen) atoms. The van der Waals surface area contributed by atoms with Gasteiger partial charge < -0.3 is 26.6 Å². The quantitative estimate of drug-likeness (QED) is 0.173. The zero-order valence-corrected chi connectivity index (χ0v) is 23.1. The summed E-state index contributed by atoms with van der Waals surface area (Å²) in [6.07, 6.45) is 8.32. The molecule has 10 heteroatoms. The van der Waals surface area contributed by atoms with Gasteiger partial charge in [-0.05, 0) is 25.8 Å². The molecular weight excluding hydrogens is 486 g/mol. The Balaban J connectivity index is 2.42. The topological polar surface area (TPSA) is 146 Å². The zero-order valence-electron chi connectivity index (χ0n) is 23.1. The molecule has 212 valence electrons. The van der Waals surface area contributed by atoms with Gasteiger partial charge in [0.1, 0.15) is 6.04 Å². The third-order valence-electron chi connectivity index (χ3n) is 5.71. The molecule has 10 nitrogen and oxygen atoms in total. The second kappa shape index (κ2) is 19.7. The predicted molar refractivity (Wildman–Crippen MR) is 147 cm³/mol. The van der Waals surface area contributed by atoms with Gasteiger partial charge >= 0.3 is 0 Å². The van der Waals surface area contributed by atoms with E-state index in [2.05, 4.69) is 33.5 Å². The standard InChI is InChI=1S/C28H45N5O5/c1-4-5-6-7-8-9-13-16-24(34)29-18-25(35)30-19-27(37)33-23(17-22-14-11-10-12-15-22)28(38)31-20-26(36)32-21(2)3/h10-12,14-15,21,23H,4-9,13,16-20H2,1-3H3,(H,29,34)(H,30,35)(H,31,38)(H,32,36)(H,33,37). The molecule has 5 N–H and O–H groups in total. The largest absolute Gasteiger partial charge is 0.352 e. The normalized spacial score (nSPS) is 11.4. The van der Waals surface area contributed by atoms with Crippen LogP contribution < -0.4 is 26.6 Å². The van der Waals surface area contributed by atoms with Crippen LogP contribution in [0.4, 0.5) is 0 Å². The molecule has 1 aromatic rings. The Labute approximate surface area is 226 Å². The van der Waals surface area contributed by atoms with Crippen LogP contribution in [0.5, 0.6) is 0 Å². The Kier molecular flexibility index (Phi) is 16.9. The Bertz CT molecular complexity index is 876. The maximum Gasteiger partial charge on any atom is 0.243 e. The summed E-state index contributed by atoms with van der Waals surface area (Å²) in [7, 11) is 0. The van der Waals surface area contributed by atoms with Gasteiger partial charge in [0.2, 0.25) is 29.5 Å². The average molecular weight is 532 g/mol. The highest BCUT2D eigenvalue weighted by atomic mass is 16.2. The number of rotatable bonds is 19. The summed E-state index contributed by atoms with van der Waals surface area (Å²) in [5, 5.41) is 12.9. The highest BCUT2D eigenvalue weighted by Gasteiger charge is 2.22. The van der Waals surface area contributed by atoms with Crippen molar-refractivity contribution in [2.24, 2.45) is 0 Å². The third-order valence-corrected chi connectivity index (χ3v) is 5.71. The molecule has 0 aliphatic heterocycles. The SMILES string of the molecule is CCCCCCCCCC(=O)NCC(=O)NCC(=O)NC(Cc1ccccc1)C(=O)NCC(=O)NC(C)C. The molecule has 0 aromatic heterocycles. The Morgan fingerprint density at radius 2 is 1.21 bits per heavy atom. The lowest BCUT2D eigenvalue weighted by atomic mass is 10.1. The predicted octanol–water partition coefficient (Wildman–Crippen LogP) is 1.73. The molecule has 1 rings (SSSR count). The Hall–Kier alpha value is -3.43. The fourth-order valence-corrected chi connectivity index (χ4v) is 3.72. The van der Waals surface area contributed by atoms with Gasteiger partial charge in [0.25, 0.3) is 0 Å². The minimum absolute atomic E-state index is 0.0621. The van der Waals surface area contributed by atoms with Crippen molar-refractivity contribution >= 4 is 29.5 Å². The van der Waals surface area contributed by atoms with E-state index >= 15 is 0 Å². The molecule has 1 unspecified atom stereocenters. The van der Waals surface area contributed by atoms with Crippen molar-refractivity contribution in [2.75, 3.05) is 19.6 Å². The van der Waals surface area contributed by atoms with Crippen LogP contribution in [0.25, 0.3) is 0 Å². The molecule has 0 heterocycles. The molecule has 1 atom stereocenters. The molecule has 0 radical (unpaired) electrons. The maximum absolute atomic E-state index is 12.7. The number of unbranched alkanes of at least 4 members (excludes halogenated alkanes) is 6. The van der Waals surface area contributed by atoms with Crippen LogP contribution in [0.3, 0.4) is 0 Å². The van der Waals surface area contributed by atoms with Crippen molar-refractivity contribution in [3.63, 3.8) is 0 Å². The van der Waals surface area contributed by atoms with Crippen molar-refractivity contribution in [3.8, 4) is 0 Å². The number of hydrogen-bond acceptors (Lipinski definition) is 5. The second-order valence-electron chi connectivity index (χ2n) is 9.67. The molecule has 0 aliphatic rings. The van der Waals surface area contributed by atoms with Gasteiger partial charge in [0.15, 0.2) is 0 Å². The Morgan fingerprint density at radius 1 is 0.658 bits per heavy atom. The summed E-state index contributed by atoms with van der Waals surface area (Å²) in [6, 6.07) is 8.15. The molecular formula is C28H45N5O5. The zero-order chi connectivity index (χ0) is 28.2. The van der Waals surface area contributed by atoms with E-state index in [1.54, 1.807) is 0 Å². The van der Waals surface area contributed by atoms with E-state index < -0.39 is 23.8 Å². The van der Waals surface area contributed by atoms with Gasteiger partial charge in [-0.15, -0.1) is 0 Å². The van der Waals surface area contributed by atoms with E-state index in [4.69, 9.17) is 0 Å². The second-order valence-corrected chi connectivity index (χ2v) is 9.67. The number of hydrogen-bond donors (Lipinski definition) is 5. The molecule has 1 aromatic carbocycles. The molecule has 0 aliphatic carbocycles.